The largest absolute Gasteiger partial charge is 0.396 e. The number of amides is 2. The summed E-state index contributed by atoms with van der Waals surface area (Å²) in [5, 5.41) is 17.1. The molecule has 5 nitrogen and oxygen atoms in total. The summed E-state index contributed by atoms with van der Waals surface area (Å²) in [6.07, 6.45) is 1.82. The van der Waals surface area contributed by atoms with E-state index in [9.17, 15) is 14.3 Å². The molecule has 0 fully saturated rings. The zero-order valence-corrected chi connectivity index (χ0v) is 13.1. The summed E-state index contributed by atoms with van der Waals surface area (Å²) >= 11 is 7.26. The molecule has 0 aliphatic rings. The molecule has 1 aromatic carbocycles. The van der Waals surface area contributed by atoms with Gasteiger partial charge in [-0.05, 0) is 18.6 Å². The average molecular weight is 344 g/mol. The number of rotatable bonds is 6. The SMILES string of the molecule is O=C(NC[C@@H](CO)Cc1c(F)cccc1Cl)Nc1nccs1. The lowest BCUT2D eigenvalue weighted by Crippen LogP contribution is -2.35. The lowest BCUT2D eigenvalue weighted by molar-refractivity contribution is 0.217. The van der Waals surface area contributed by atoms with Crippen LogP contribution in [0.2, 0.25) is 5.02 Å². The van der Waals surface area contributed by atoms with Gasteiger partial charge in [0.2, 0.25) is 0 Å². The van der Waals surface area contributed by atoms with Crippen molar-refractivity contribution in [1.82, 2.24) is 10.3 Å². The third kappa shape index (κ3) is 4.66. The Labute approximate surface area is 136 Å². The molecular formula is C14H15ClFN3O2S. The molecule has 1 atom stereocenters. The van der Waals surface area contributed by atoms with Crippen LogP contribution in [-0.2, 0) is 6.42 Å². The van der Waals surface area contributed by atoms with E-state index < -0.39 is 11.8 Å². The molecule has 2 aromatic rings. The van der Waals surface area contributed by atoms with Gasteiger partial charge in [0.25, 0.3) is 0 Å². The lowest BCUT2D eigenvalue weighted by atomic mass is 9.99. The Morgan fingerprint density at radius 2 is 2.32 bits per heavy atom. The molecule has 2 rings (SSSR count). The number of halogens is 2. The van der Waals surface area contributed by atoms with Crippen molar-refractivity contribution in [3.63, 3.8) is 0 Å². The number of thiazole rings is 1. The van der Waals surface area contributed by atoms with E-state index in [1.54, 1.807) is 17.6 Å². The topological polar surface area (TPSA) is 74.2 Å². The summed E-state index contributed by atoms with van der Waals surface area (Å²) in [7, 11) is 0. The van der Waals surface area contributed by atoms with E-state index in [1.165, 1.54) is 23.5 Å². The zero-order chi connectivity index (χ0) is 15.9. The van der Waals surface area contributed by atoms with Crippen molar-refractivity contribution in [2.75, 3.05) is 18.5 Å². The minimum Gasteiger partial charge on any atom is -0.396 e. The highest BCUT2D eigenvalue weighted by atomic mass is 35.5. The highest BCUT2D eigenvalue weighted by Gasteiger charge is 2.15. The van der Waals surface area contributed by atoms with Gasteiger partial charge in [0.05, 0.1) is 0 Å². The normalized spacial score (nSPS) is 12.0. The van der Waals surface area contributed by atoms with Gasteiger partial charge in [-0.25, -0.2) is 14.2 Å². The van der Waals surface area contributed by atoms with Crippen molar-refractivity contribution in [3.05, 3.63) is 46.2 Å². The quantitative estimate of drug-likeness (QED) is 0.755. The molecule has 1 aromatic heterocycles. The summed E-state index contributed by atoms with van der Waals surface area (Å²) < 4.78 is 13.7. The Hall–Kier alpha value is -1.70. The van der Waals surface area contributed by atoms with Gasteiger partial charge < -0.3 is 10.4 Å². The fourth-order valence-corrected chi connectivity index (χ4v) is 2.64. The molecule has 0 radical (unpaired) electrons. The second kappa shape index (κ2) is 8.07. The fraction of sp³-hybridized carbons (Fsp3) is 0.286. The van der Waals surface area contributed by atoms with E-state index in [0.717, 1.165) is 0 Å². The van der Waals surface area contributed by atoms with Gasteiger partial charge in [0.15, 0.2) is 5.13 Å². The average Bonchev–Trinajstić information content (AvgIpc) is 2.99. The molecule has 22 heavy (non-hydrogen) atoms. The third-order valence-electron chi connectivity index (χ3n) is 3.02. The number of anilines is 1. The van der Waals surface area contributed by atoms with Crippen LogP contribution in [0.25, 0.3) is 0 Å². The van der Waals surface area contributed by atoms with Crippen molar-refractivity contribution in [2.45, 2.75) is 6.42 Å². The van der Waals surface area contributed by atoms with Crippen molar-refractivity contribution in [2.24, 2.45) is 5.92 Å². The maximum absolute atomic E-state index is 13.7. The molecule has 1 heterocycles. The van der Waals surface area contributed by atoms with Crippen molar-refractivity contribution >= 4 is 34.1 Å². The van der Waals surface area contributed by atoms with Gasteiger partial charge in [0, 0.05) is 41.2 Å². The first-order valence-corrected chi connectivity index (χ1v) is 7.84. The van der Waals surface area contributed by atoms with E-state index in [0.29, 0.717) is 15.7 Å². The number of carbonyl (C=O) groups excluding carboxylic acids is 1. The van der Waals surface area contributed by atoms with E-state index >= 15 is 0 Å². The molecule has 0 saturated heterocycles. The number of nitrogens with zero attached hydrogens (tertiary/aromatic N) is 1. The summed E-state index contributed by atoms with van der Waals surface area (Å²) in [5.74, 6) is -0.755. The zero-order valence-electron chi connectivity index (χ0n) is 11.6. The van der Waals surface area contributed by atoms with Gasteiger partial charge in [0.1, 0.15) is 5.82 Å². The van der Waals surface area contributed by atoms with Crippen LogP contribution in [0.5, 0.6) is 0 Å². The van der Waals surface area contributed by atoms with Gasteiger partial charge in [-0.3, -0.25) is 5.32 Å². The van der Waals surface area contributed by atoms with E-state index in [2.05, 4.69) is 15.6 Å². The van der Waals surface area contributed by atoms with E-state index in [-0.39, 0.29) is 25.5 Å². The number of aliphatic hydroxyl groups excluding tert-OH is 1. The molecule has 2 amide bonds. The monoisotopic (exact) mass is 343 g/mol. The smallest absolute Gasteiger partial charge is 0.321 e. The maximum atomic E-state index is 13.7. The maximum Gasteiger partial charge on any atom is 0.321 e. The van der Waals surface area contributed by atoms with E-state index in [1.807, 2.05) is 0 Å². The number of aromatic nitrogens is 1. The third-order valence-corrected chi connectivity index (χ3v) is 4.06. The van der Waals surface area contributed by atoms with Crippen molar-refractivity contribution in [3.8, 4) is 0 Å². The predicted molar refractivity (Wildman–Crippen MR) is 84.8 cm³/mol. The minimum absolute atomic E-state index is 0.192. The van der Waals surface area contributed by atoms with Gasteiger partial charge >= 0.3 is 6.03 Å². The van der Waals surface area contributed by atoms with Crippen LogP contribution in [0, 0.1) is 11.7 Å². The summed E-state index contributed by atoms with van der Waals surface area (Å²) in [6.45, 7) is 0.000562. The molecule has 0 aliphatic heterocycles. The number of hydrogen-bond donors (Lipinski definition) is 3. The van der Waals surface area contributed by atoms with Crippen LogP contribution in [0.1, 0.15) is 5.56 Å². The Kier molecular flexibility index (Phi) is 6.11. The Morgan fingerprint density at radius 3 is 2.95 bits per heavy atom. The Morgan fingerprint density at radius 1 is 1.50 bits per heavy atom. The molecule has 0 bridgehead atoms. The van der Waals surface area contributed by atoms with Crippen LogP contribution in [-0.4, -0.2) is 29.3 Å². The number of benzene rings is 1. The first kappa shape index (κ1) is 16.7. The Balaban J connectivity index is 1.88. The van der Waals surface area contributed by atoms with Crippen LogP contribution in [0.4, 0.5) is 14.3 Å². The van der Waals surface area contributed by atoms with Gasteiger partial charge in [-0.1, -0.05) is 17.7 Å². The number of hydrogen-bond acceptors (Lipinski definition) is 4. The number of nitrogens with one attached hydrogen (secondary N) is 2. The summed E-state index contributed by atoms with van der Waals surface area (Å²) in [6, 6.07) is 4.01. The molecule has 118 valence electrons. The van der Waals surface area contributed by atoms with Crippen LogP contribution < -0.4 is 10.6 Å². The van der Waals surface area contributed by atoms with Crippen molar-refractivity contribution < 1.29 is 14.3 Å². The van der Waals surface area contributed by atoms with Gasteiger partial charge in [-0.2, -0.15) is 0 Å². The molecule has 0 saturated carbocycles. The fourth-order valence-electron chi connectivity index (χ4n) is 1.88. The summed E-state index contributed by atoms with van der Waals surface area (Å²) in [5.41, 5.74) is 0.338. The second-order valence-corrected chi connectivity index (χ2v) is 5.93. The van der Waals surface area contributed by atoms with Gasteiger partial charge in [-0.15, -0.1) is 11.3 Å². The molecule has 0 aliphatic carbocycles. The van der Waals surface area contributed by atoms with Crippen LogP contribution in [0.15, 0.2) is 29.8 Å². The van der Waals surface area contributed by atoms with Crippen LogP contribution >= 0.6 is 22.9 Å². The second-order valence-electron chi connectivity index (χ2n) is 4.63. The molecular weight excluding hydrogens is 329 g/mol. The first-order valence-electron chi connectivity index (χ1n) is 6.58. The predicted octanol–water partition coefficient (Wildman–Crippen LogP) is 2.91. The highest BCUT2D eigenvalue weighted by molar-refractivity contribution is 7.13. The summed E-state index contributed by atoms with van der Waals surface area (Å²) in [4.78, 5) is 15.6. The number of urea groups is 1. The minimum atomic E-state index is -0.423. The highest BCUT2D eigenvalue weighted by Crippen LogP contribution is 2.22. The van der Waals surface area contributed by atoms with Crippen LogP contribution in [0.3, 0.4) is 0 Å². The number of carbonyl (C=O) groups is 1. The number of aliphatic hydroxyl groups is 1. The van der Waals surface area contributed by atoms with Crippen molar-refractivity contribution in [1.29, 1.82) is 0 Å². The Bertz CT molecular complexity index is 604. The molecule has 0 spiro atoms. The molecule has 0 unspecified atom stereocenters. The standard InChI is InChI=1S/C14H15ClFN3O2S/c15-11-2-1-3-12(16)10(11)6-9(8-20)7-18-13(21)19-14-17-4-5-22-14/h1-5,9,20H,6-8H2,(H2,17,18,19,21)/t9-/m0/s1. The lowest BCUT2D eigenvalue weighted by Gasteiger charge is -2.16. The first-order chi connectivity index (χ1) is 10.6. The molecule has 3 N–H and O–H groups in total. The van der Waals surface area contributed by atoms with E-state index in [4.69, 9.17) is 11.6 Å². The molecule has 8 heteroatoms.